The number of nitrogens with zero attached hydrogens (tertiary/aromatic N) is 1. The Hall–Kier alpha value is -0.570. The number of likely N-dealkylation sites (tertiary alicyclic amines) is 1. The van der Waals surface area contributed by atoms with Gasteiger partial charge in [-0.1, -0.05) is 19.3 Å². The smallest absolute Gasteiger partial charge is 0.224 e. The fraction of sp³-hybridized carbons (Fsp3) is 0.933. The van der Waals surface area contributed by atoms with Gasteiger partial charge in [0, 0.05) is 25.0 Å². The highest BCUT2D eigenvalue weighted by Gasteiger charge is 2.38. The van der Waals surface area contributed by atoms with Crippen molar-refractivity contribution in [2.45, 2.75) is 69.9 Å². The lowest BCUT2D eigenvalue weighted by atomic mass is 9.85. The number of carbonyl (C=O) groups excluding carboxylic acids is 1. The summed E-state index contributed by atoms with van der Waals surface area (Å²) < 4.78 is 0. The summed E-state index contributed by atoms with van der Waals surface area (Å²) in [5.74, 6) is 1.24. The molecule has 3 fully saturated rings. The molecule has 2 aliphatic heterocycles. The lowest BCUT2D eigenvalue weighted by molar-refractivity contribution is -0.133. The van der Waals surface area contributed by atoms with Gasteiger partial charge in [-0.25, -0.2) is 0 Å². The first-order valence-corrected chi connectivity index (χ1v) is 7.87. The fourth-order valence-electron chi connectivity index (χ4n) is 4.14. The molecule has 0 bridgehead atoms. The molecule has 0 radical (unpaired) electrons. The van der Waals surface area contributed by atoms with Crippen LogP contribution in [0.2, 0.25) is 0 Å². The molecule has 102 valence electrons. The lowest BCUT2D eigenvalue weighted by Crippen LogP contribution is -2.43. The van der Waals surface area contributed by atoms with Crippen LogP contribution in [0.1, 0.15) is 57.8 Å². The van der Waals surface area contributed by atoms with Crippen molar-refractivity contribution in [3.8, 4) is 0 Å². The van der Waals surface area contributed by atoms with Crippen LogP contribution in [0.25, 0.3) is 0 Å². The number of carbonyl (C=O) groups is 1. The normalized spacial score (nSPS) is 36.4. The van der Waals surface area contributed by atoms with Gasteiger partial charge in [-0.3, -0.25) is 4.79 Å². The minimum absolute atomic E-state index is 0.420. The van der Waals surface area contributed by atoms with Crippen LogP contribution in [0.4, 0.5) is 0 Å². The summed E-state index contributed by atoms with van der Waals surface area (Å²) in [6.45, 7) is 2.13. The minimum Gasteiger partial charge on any atom is -0.339 e. The topological polar surface area (TPSA) is 32.3 Å². The van der Waals surface area contributed by atoms with E-state index in [0.29, 0.717) is 18.0 Å². The first-order valence-electron chi connectivity index (χ1n) is 7.87. The van der Waals surface area contributed by atoms with Gasteiger partial charge in [0.1, 0.15) is 0 Å². The second-order valence-electron chi connectivity index (χ2n) is 6.34. The number of hydrogen-bond donors (Lipinski definition) is 1. The molecule has 3 aliphatic rings. The van der Waals surface area contributed by atoms with Gasteiger partial charge in [0.05, 0.1) is 0 Å². The van der Waals surface area contributed by atoms with Crippen molar-refractivity contribution in [1.29, 1.82) is 0 Å². The van der Waals surface area contributed by atoms with Crippen LogP contribution in [-0.4, -0.2) is 36.0 Å². The fourth-order valence-corrected chi connectivity index (χ4v) is 4.14. The van der Waals surface area contributed by atoms with Gasteiger partial charge < -0.3 is 10.2 Å². The molecule has 3 heteroatoms. The zero-order chi connectivity index (χ0) is 12.4. The first kappa shape index (κ1) is 12.5. The van der Waals surface area contributed by atoms with Crippen LogP contribution >= 0.6 is 0 Å². The van der Waals surface area contributed by atoms with Crippen molar-refractivity contribution >= 4 is 5.91 Å². The summed E-state index contributed by atoms with van der Waals surface area (Å²) >= 11 is 0. The van der Waals surface area contributed by atoms with E-state index in [-0.39, 0.29) is 0 Å². The predicted molar refractivity (Wildman–Crippen MR) is 72.3 cm³/mol. The highest BCUT2D eigenvalue weighted by atomic mass is 16.2. The summed E-state index contributed by atoms with van der Waals surface area (Å²) in [7, 11) is 0. The van der Waals surface area contributed by atoms with Gasteiger partial charge in [-0.05, 0) is 44.6 Å². The highest BCUT2D eigenvalue weighted by Crippen LogP contribution is 2.36. The van der Waals surface area contributed by atoms with E-state index < -0.39 is 0 Å². The SMILES string of the molecule is O=C(CC1CCCCN1)N1CCC2CCCCC21. The monoisotopic (exact) mass is 250 g/mol. The number of hydrogen-bond acceptors (Lipinski definition) is 2. The van der Waals surface area contributed by atoms with E-state index in [4.69, 9.17) is 0 Å². The summed E-state index contributed by atoms with van der Waals surface area (Å²) in [6.07, 6.45) is 11.1. The molecule has 1 amide bonds. The van der Waals surface area contributed by atoms with Crippen molar-refractivity contribution < 1.29 is 4.79 Å². The van der Waals surface area contributed by atoms with Gasteiger partial charge in [0.15, 0.2) is 0 Å². The largest absolute Gasteiger partial charge is 0.339 e. The van der Waals surface area contributed by atoms with Gasteiger partial charge in [0.25, 0.3) is 0 Å². The predicted octanol–water partition coefficient (Wildman–Crippen LogP) is 2.31. The second kappa shape index (κ2) is 5.60. The molecule has 0 aromatic rings. The molecular formula is C15H26N2O. The molecule has 1 aliphatic carbocycles. The Morgan fingerprint density at radius 2 is 1.89 bits per heavy atom. The molecule has 3 nitrogen and oxygen atoms in total. The van der Waals surface area contributed by atoms with E-state index in [1.165, 1.54) is 51.4 Å². The molecule has 1 saturated carbocycles. The van der Waals surface area contributed by atoms with E-state index in [1.807, 2.05) is 0 Å². The van der Waals surface area contributed by atoms with E-state index in [2.05, 4.69) is 10.2 Å². The zero-order valence-electron chi connectivity index (χ0n) is 11.4. The average Bonchev–Trinajstić information content (AvgIpc) is 2.84. The molecule has 0 spiro atoms. The van der Waals surface area contributed by atoms with E-state index >= 15 is 0 Å². The molecule has 2 saturated heterocycles. The molecule has 3 atom stereocenters. The summed E-state index contributed by atoms with van der Waals surface area (Å²) in [5, 5.41) is 3.50. The van der Waals surface area contributed by atoms with Crippen LogP contribution in [0.15, 0.2) is 0 Å². The number of fused-ring (bicyclic) bond motifs is 1. The Labute approximate surface area is 110 Å². The molecular weight excluding hydrogens is 224 g/mol. The van der Waals surface area contributed by atoms with E-state index in [9.17, 15) is 4.79 Å². The maximum atomic E-state index is 12.5. The number of amides is 1. The Kier molecular flexibility index (Phi) is 3.88. The summed E-state index contributed by atoms with van der Waals surface area (Å²) in [4.78, 5) is 14.7. The Morgan fingerprint density at radius 1 is 1.06 bits per heavy atom. The average molecular weight is 250 g/mol. The Morgan fingerprint density at radius 3 is 2.72 bits per heavy atom. The zero-order valence-corrected chi connectivity index (χ0v) is 11.4. The van der Waals surface area contributed by atoms with Crippen LogP contribution < -0.4 is 5.32 Å². The van der Waals surface area contributed by atoms with Crippen molar-refractivity contribution in [3.63, 3.8) is 0 Å². The Bertz CT molecular complexity index is 299. The van der Waals surface area contributed by atoms with Crippen LogP contribution in [0.5, 0.6) is 0 Å². The quantitative estimate of drug-likeness (QED) is 0.815. The number of piperidine rings is 1. The molecule has 0 aromatic heterocycles. The van der Waals surface area contributed by atoms with Crippen LogP contribution in [0.3, 0.4) is 0 Å². The molecule has 2 heterocycles. The Balaban J connectivity index is 1.55. The number of rotatable bonds is 2. The summed E-state index contributed by atoms with van der Waals surface area (Å²) in [5.41, 5.74) is 0. The second-order valence-corrected chi connectivity index (χ2v) is 6.34. The number of nitrogens with one attached hydrogen (secondary N) is 1. The van der Waals surface area contributed by atoms with Crippen molar-refractivity contribution in [2.75, 3.05) is 13.1 Å². The van der Waals surface area contributed by atoms with Crippen molar-refractivity contribution in [2.24, 2.45) is 5.92 Å². The van der Waals surface area contributed by atoms with Gasteiger partial charge in [0.2, 0.25) is 5.91 Å². The maximum absolute atomic E-state index is 12.5. The highest BCUT2D eigenvalue weighted by molar-refractivity contribution is 5.77. The van der Waals surface area contributed by atoms with E-state index in [1.54, 1.807) is 0 Å². The molecule has 0 aromatic carbocycles. The lowest BCUT2D eigenvalue weighted by Gasteiger charge is -2.33. The maximum Gasteiger partial charge on any atom is 0.224 e. The summed E-state index contributed by atoms with van der Waals surface area (Å²) in [6, 6.07) is 1.05. The van der Waals surface area contributed by atoms with Crippen molar-refractivity contribution in [3.05, 3.63) is 0 Å². The third kappa shape index (κ3) is 2.56. The van der Waals surface area contributed by atoms with Gasteiger partial charge in [-0.15, -0.1) is 0 Å². The van der Waals surface area contributed by atoms with Gasteiger partial charge >= 0.3 is 0 Å². The molecule has 3 unspecified atom stereocenters. The molecule has 3 rings (SSSR count). The molecule has 1 N–H and O–H groups in total. The van der Waals surface area contributed by atoms with Crippen LogP contribution in [0, 0.1) is 5.92 Å². The van der Waals surface area contributed by atoms with E-state index in [0.717, 1.165) is 25.4 Å². The standard InChI is InChI=1S/C15H26N2O/c18-15(11-13-6-3-4-9-16-13)17-10-8-12-5-1-2-7-14(12)17/h12-14,16H,1-11H2. The third-order valence-corrected chi connectivity index (χ3v) is 5.16. The third-order valence-electron chi connectivity index (χ3n) is 5.16. The first-order chi connectivity index (χ1) is 8.84. The van der Waals surface area contributed by atoms with Crippen LogP contribution in [-0.2, 0) is 4.79 Å². The molecule has 18 heavy (non-hydrogen) atoms. The minimum atomic E-state index is 0.420. The van der Waals surface area contributed by atoms with Gasteiger partial charge in [-0.2, -0.15) is 0 Å². The van der Waals surface area contributed by atoms with Crippen molar-refractivity contribution in [1.82, 2.24) is 10.2 Å².